The topological polar surface area (TPSA) is 122 Å². The first-order valence-corrected chi connectivity index (χ1v) is 11.2. The molecule has 1 fully saturated rings. The molecule has 9 nitrogen and oxygen atoms in total. The molecule has 0 radical (unpaired) electrons. The zero-order valence-corrected chi connectivity index (χ0v) is 18.0. The number of ether oxygens (including phenoxy) is 1. The van der Waals surface area contributed by atoms with Gasteiger partial charge in [-0.3, -0.25) is 0 Å². The van der Waals surface area contributed by atoms with Gasteiger partial charge in [-0.2, -0.15) is 14.6 Å². The van der Waals surface area contributed by atoms with Crippen LogP contribution >= 0.6 is 0 Å². The number of sulfonamides is 1. The zero-order chi connectivity index (χ0) is 22.0. The molecule has 1 unspecified atom stereocenters. The van der Waals surface area contributed by atoms with Crippen LogP contribution < -0.4 is 5.32 Å². The number of hydrogen-bond donors (Lipinski definition) is 1. The molecule has 1 atom stereocenters. The number of nitrogens with one attached hydrogen (secondary N) is 1. The number of furan rings is 1. The van der Waals surface area contributed by atoms with Crippen LogP contribution in [0.5, 0.6) is 0 Å². The van der Waals surface area contributed by atoms with Gasteiger partial charge in [0.2, 0.25) is 21.6 Å². The Morgan fingerprint density at radius 3 is 2.58 bits per heavy atom. The van der Waals surface area contributed by atoms with Crippen molar-refractivity contribution in [2.24, 2.45) is 0 Å². The number of aromatic nitrogens is 1. The van der Waals surface area contributed by atoms with E-state index in [1.54, 1.807) is 6.92 Å². The molecular weight excluding hydrogens is 420 g/mol. The quantitative estimate of drug-likeness (QED) is 0.617. The van der Waals surface area contributed by atoms with Crippen molar-refractivity contribution in [3.05, 3.63) is 53.4 Å². The van der Waals surface area contributed by atoms with Gasteiger partial charge < -0.3 is 18.9 Å². The molecule has 1 aromatic carbocycles. The van der Waals surface area contributed by atoms with Gasteiger partial charge in [-0.15, -0.1) is 0 Å². The average Bonchev–Trinajstić information content (AvgIpc) is 3.38. The van der Waals surface area contributed by atoms with Crippen molar-refractivity contribution in [1.82, 2.24) is 9.29 Å². The van der Waals surface area contributed by atoms with Crippen molar-refractivity contribution >= 4 is 15.9 Å². The van der Waals surface area contributed by atoms with Crippen molar-refractivity contribution in [2.75, 3.05) is 31.6 Å². The number of aryl methyl sites for hydroxylation is 1. The molecule has 4 rings (SSSR count). The van der Waals surface area contributed by atoms with Gasteiger partial charge in [-0.25, -0.2) is 8.42 Å². The van der Waals surface area contributed by atoms with E-state index in [0.29, 0.717) is 13.2 Å². The Morgan fingerprint density at radius 1 is 1.19 bits per heavy atom. The highest BCUT2D eigenvalue weighted by Gasteiger charge is 2.31. The molecule has 31 heavy (non-hydrogen) atoms. The number of oxazole rings is 1. The third-order valence-electron chi connectivity index (χ3n) is 5.05. The summed E-state index contributed by atoms with van der Waals surface area (Å²) in [6.07, 6.45) is 0. The second-order valence-corrected chi connectivity index (χ2v) is 9.04. The minimum absolute atomic E-state index is 0.0332. The summed E-state index contributed by atoms with van der Waals surface area (Å²) in [6.45, 7) is 4.77. The molecule has 10 heteroatoms. The summed E-state index contributed by atoms with van der Waals surface area (Å²) in [5, 5.41) is 12.6. The van der Waals surface area contributed by atoms with Crippen molar-refractivity contribution in [1.29, 1.82) is 5.26 Å². The van der Waals surface area contributed by atoms with Crippen LogP contribution in [0.1, 0.15) is 30.0 Å². The largest absolute Gasteiger partial charge is 0.455 e. The highest BCUT2D eigenvalue weighted by atomic mass is 32.2. The minimum Gasteiger partial charge on any atom is -0.455 e. The lowest BCUT2D eigenvalue weighted by Crippen LogP contribution is -2.40. The minimum atomic E-state index is -3.73. The second kappa shape index (κ2) is 8.55. The first-order valence-electron chi connectivity index (χ1n) is 9.81. The Kier molecular flexibility index (Phi) is 5.82. The number of benzene rings is 1. The monoisotopic (exact) mass is 442 g/mol. The molecule has 0 spiro atoms. The van der Waals surface area contributed by atoms with Gasteiger partial charge in [0.15, 0.2) is 5.76 Å². The Labute approximate surface area is 180 Å². The fourth-order valence-electron chi connectivity index (χ4n) is 3.37. The normalized spacial score (nSPS) is 16.0. The van der Waals surface area contributed by atoms with E-state index in [2.05, 4.69) is 10.3 Å². The van der Waals surface area contributed by atoms with Crippen LogP contribution in [0.3, 0.4) is 0 Å². The average molecular weight is 442 g/mol. The highest BCUT2D eigenvalue weighted by molar-refractivity contribution is 7.89. The van der Waals surface area contributed by atoms with E-state index >= 15 is 0 Å². The van der Waals surface area contributed by atoms with Crippen LogP contribution in [-0.4, -0.2) is 44.0 Å². The number of anilines is 1. The maximum Gasteiger partial charge on any atom is 0.266 e. The fourth-order valence-corrected chi connectivity index (χ4v) is 4.94. The number of nitriles is 1. The van der Waals surface area contributed by atoms with Crippen LogP contribution in [0.2, 0.25) is 0 Å². The smallest absolute Gasteiger partial charge is 0.266 e. The van der Waals surface area contributed by atoms with Gasteiger partial charge in [0.1, 0.15) is 16.7 Å². The summed E-state index contributed by atoms with van der Waals surface area (Å²) in [7, 11) is -3.73. The van der Waals surface area contributed by atoms with Crippen molar-refractivity contribution < 1.29 is 22.0 Å². The van der Waals surface area contributed by atoms with E-state index in [-0.39, 0.29) is 53.0 Å². The molecule has 162 valence electrons. The number of nitrogens with zero attached hydrogens (tertiary/aromatic N) is 3. The van der Waals surface area contributed by atoms with Crippen molar-refractivity contribution in [3.8, 4) is 17.7 Å². The second-order valence-electron chi connectivity index (χ2n) is 7.13. The van der Waals surface area contributed by atoms with Crippen LogP contribution in [0.15, 0.2) is 50.1 Å². The van der Waals surface area contributed by atoms with Crippen LogP contribution in [0.25, 0.3) is 11.7 Å². The standard InChI is InChI=1S/C21H22N4O5S/c1-14(16-6-4-3-5-7-16)23-20-17(13-22)24-21(30-20)18-12-19(15(2)29-18)31(26,27)25-8-10-28-11-9-25/h3-7,12,14,23H,8-11H2,1-2H3. The summed E-state index contributed by atoms with van der Waals surface area (Å²) in [6, 6.07) is 12.9. The van der Waals surface area contributed by atoms with Gasteiger partial charge in [-0.1, -0.05) is 30.3 Å². The van der Waals surface area contributed by atoms with E-state index in [1.165, 1.54) is 10.4 Å². The summed E-state index contributed by atoms with van der Waals surface area (Å²) in [5.74, 6) is 0.595. The highest BCUT2D eigenvalue weighted by Crippen LogP contribution is 2.33. The molecule has 3 heterocycles. The molecule has 1 aliphatic heterocycles. The third-order valence-corrected chi connectivity index (χ3v) is 7.06. The predicted molar refractivity (Wildman–Crippen MR) is 112 cm³/mol. The molecule has 0 aliphatic carbocycles. The molecule has 1 aliphatic rings. The molecule has 0 amide bonds. The molecule has 0 bridgehead atoms. The SMILES string of the molecule is Cc1oc(-c2nc(C#N)c(NC(C)c3ccccc3)o2)cc1S(=O)(=O)N1CCOCC1. The number of hydrogen-bond acceptors (Lipinski definition) is 8. The summed E-state index contributed by atoms with van der Waals surface area (Å²) in [4.78, 5) is 4.23. The first kappa shape index (κ1) is 21.1. The lowest BCUT2D eigenvalue weighted by molar-refractivity contribution is 0.0730. The summed E-state index contributed by atoms with van der Waals surface area (Å²) in [5.41, 5.74) is 1.07. The van der Waals surface area contributed by atoms with Gasteiger partial charge in [0, 0.05) is 19.2 Å². The maximum absolute atomic E-state index is 13.0. The predicted octanol–water partition coefficient (Wildman–Crippen LogP) is 3.31. The summed E-state index contributed by atoms with van der Waals surface area (Å²) >= 11 is 0. The molecule has 3 aromatic rings. The van der Waals surface area contributed by atoms with E-state index in [1.807, 2.05) is 43.3 Å². The van der Waals surface area contributed by atoms with Gasteiger partial charge in [-0.05, 0) is 19.4 Å². The first-order chi connectivity index (χ1) is 14.9. The molecule has 0 saturated carbocycles. The Hall–Kier alpha value is -3.13. The van der Waals surface area contributed by atoms with Crippen LogP contribution in [0.4, 0.5) is 5.88 Å². The Balaban J connectivity index is 1.62. The lowest BCUT2D eigenvalue weighted by Gasteiger charge is -2.25. The van der Waals surface area contributed by atoms with E-state index in [0.717, 1.165) is 5.56 Å². The van der Waals surface area contributed by atoms with E-state index in [9.17, 15) is 13.7 Å². The number of morpholine rings is 1. The molecule has 2 aromatic heterocycles. The number of rotatable bonds is 6. The van der Waals surface area contributed by atoms with Gasteiger partial charge in [0.25, 0.3) is 5.89 Å². The maximum atomic E-state index is 13.0. The summed E-state index contributed by atoms with van der Waals surface area (Å²) < 4.78 is 43.9. The zero-order valence-electron chi connectivity index (χ0n) is 17.2. The van der Waals surface area contributed by atoms with Crippen molar-refractivity contribution in [3.63, 3.8) is 0 Å². The fraction of sp³-hybridized carbons (Fsp3) is 0.333. The molecule has 1 N–H and O–H groups in total. The third kappa shape index (κ3) is 4.20. The van der Waals surface area contributed by atoms with Gasteiger partial charge >= 0.3 is 0 Å². The molecule has 1 saturated heterocycles. The Bertz CT molecular complexity index is 1200. The van der Waals surface area contributed by atoms with Gasteiger partial charge in [0.05, 0.1) is 19.3 Å². The van der Waals surface area contributed by atoms with Crippen molar-refractivity contribution in [2.45, 2.75) is 24.8 Å². The van der Waals surface area contributed by atoms with E-state index < -0.39 is 10.0 Å². The lowest BCUT2D eigenvalue weighted by atomic mass is 10.1. The van der Waals surface area contributed by atoms with Crippen LogP contribution in [0, 0.1) is 18.3 Å². The van der Waals surface area contributed by atoms with Crippen LogP contribution in [-0.2, 0) is 14.8 Å². The Morgan fingerprint density at radius 2 is 1.90 bits per heavy atom. The van der Waals surface area contributed by atoms with E-state index in [4.69, 9.17) is 13.6 Å². The molecular formula is C21H22N4O5S.